The van der Waals surface area contributed by atoms with E-state index >= 15 is 0 Å². The lowest BCUT2D eigenvalue weighted by atomic mass is 10.1. The second-order valence-corrected chi connectivity index (χ2v) is 5.29. The zero-order valence-electron chi connectivity index (χ0n) is 13.0. The number of pyridine rings is 1. The van der Waals surface area contributed by atoms with Gasteiger partial charge in [-0.3, -0.25) is 4.98 Å². The third kappa shape index (κ3) is 4.02. The number of aromatic nitrogens is 1. The molecule has 0 saturated heterocycles. The molecule has 3 nitrogen and oxygen atoms in total. The van der Waals surface area contributed by atoms with Crippen LogP contribution in [0.1, 0.15) is 28.1 Å². The minimum absolute atomic E-state index is 0.121. The molecular formula is C17H21FN2O. The van der Waals surface area contributed by atoms with Crippen molar-refractivity contribution in [2.45, 2.75) is 33.9 Å². The van der Waals surface area contributed by atoms with Crippen molar-refractivity contribution in [2.24, 2.45) is 0 Å². The van der Waals surface area contributed by atoms with Crippen LogP contribution >= 0.6 is 0 Å². The Hall–Kier alpha value is -1.94. The number of hydrogen-bond donors (Lipinski definition) is 1. The van der Waals surface area contributed by atoms with Crippen LogP contribution in [0.5, 0.6) is 5.75 Å². The van der Waals surface area contributed by atoms with Gasteiger partial charge < -0.3 is 10.1 Å². The number of nitrogens with one attached hydrogen (secondary N) is 1. The van der Waals surface area contributed by atoms with Crippen molar-refractivity contribution in [2.75, 3.05) is 7.11 Å². The Kier molecular flexibility index (Phi) is 4.91. The zero-order valence-corrected chi connectivity index (χ0v) is 13.0. The summed E-state index contributed by atoms with van der Waals surface area (Å²) >= 11 is 0. The summed E-state index contributed by atoms with van der Waals surface area (Å²) in [5.41, 5.74) is 4.30. The fourth-order valence-corrected chi connectivity index (χ4v) is 2.38. The summed E-state index contributed by atoms with van der Waals surface area (Å²) < 4.78 is 18.8. The molecule has 0 aliphatic heterocycles. The SMILES string of the molecule is COc1cc(C)nc(CNCc2cc(C)c(F)c(C)c2)c1. The average molecular weight is 288 g/mol. The van der Waals surface area contributed by atoms with Gasteiger partial charge in [-0.25, -0.2) is 4.39 Å². The lowest BCUT2D eigenvalue weighted by Crippen LogP contribution is -2.14. The van der Waals surface area contributed by atoms with Crippen LogP contribution in [-0.4, -0.2) is 12.1 Å². The van der Waals surface area contributed by atoms with Gasteiger partial charge in [-0.2, -0.15) is 0 Å². The van der Waals surface area contributed by atoms with E-state index in [1.807, 2.05) is 31.2 Å². The zero-order chi connectivity index (χ0) is 15.4. The van der Waals surface area contributed by atoms with E-state index in [1.54, 1.807) is 21.0 Å². The number of aryl methyl sites for hydroxylation is 3. The number of rotatable bonds is 5. The predicted octanol–water partition coefficient (Wildman–Crippen LogP) is 3.44. The summed E-state index contributed by atoms with van der Waals surface area (Å²) in [6, 6.07) is 7.57. The summed E-state index contributed by atoms with van der Waals surface area (Å²) in [5, 5.41) is 3.33. The fourth-order valence-electron chi connectivity index (χ4n) is 2.38. The molecule has 0 radical (unpaired) electrons. The van der Waals surface area contributed by atoms with Crippen LogP contribution in [0, 0.1) is 26.6 Å². The highest BCUT2D eigenvalue weighted by Gasteiger charge is 2.05. The molecule has 0 amide bonds. The fraction of sp³-hybridized carbons (Fsp3) is 0.353. The van der Waals surface area contributed by atoms with Gasteiger partial charge in [-0.1, -0.05) is 12.1 Å². The Morgan fingerprint density at radius 1 is 1.05 bits per heavy atom. The first-order chi connectivity index (χ1) is 9.99. The van der Waals surface area contributed by atoms with Crippen molar-refractivity contribution >= 4 is 0 Å². The normalized spacial score (nSPS) is 10.7. The molecule has 1 aromatic carbocycles. The van der Waals surface area contributed by atoms with Crippen molar-refractivity contribution in [3.63, 3.8) is 0 Å². The molecule has 0 fully saturated rings. The average Bonchev–Trinajstić information content (AvgIpc) is 2.44. The van der Waals surface area contributed by atoms with Gasteiger partial charge in [-0.05, 0) is 37.5 Å². The van der Waals surface area contributed by atoms with Crippen molar-refractivity contribution < 1.29 is 9.13 Å². The molecule has 1 heterocycles. The van der Waals surface area contributed by atoms with Crippen molar-refractivity contribution in [1.29, 1.82) is 0 Å². The molecule has 0 spiro atoms. The van der Waals surface area contributed by atoms with Gasteiger partial charge in [0.2, 0.25) is 0 Å². The first-order valence-electron chi connectivity index (χ1n) is 6.97. The number of nitrogens with zero attached hydrogens (tertiary/aromatic N) is 1. The molecular weight excluding hydrogens is 267 g/mol. The Bertz CT molecular complexity index is 618. The number of hydrogen-bond acceptors (Lipinski definition) is 3. The van der Waals surface area contributed by atoms with Crippen molar-refractivity contribution in [1.82, 2.24) is 10.3 Å². The molecule has 0 saturated carbocycles. The van der Waals surface area contributed by atoms with E-state index in [2.05, 4.69) is 10.3 Å². The summed E-state index contributed by atoms with van der Waals surface area (Å²) in [4.78, 5) is 4.46. The first kappa shape index (κ1) is 15.4. The molecule has 1 N–H and O–H groups in total. The monoisotopic (exact) mass is 288 g/mol. The smallest absolute Gasteiger partial charge is 0.129 e. The largest absolute Gasteiger partial charge is 0.497 e. The second kappa shape index (κ2) is 6.68. The van der Waals surface area contributed by atoms with E-state index in [1.165, 1.54) is 0 Å². The number of ether oxygens (including phenoxy) is 1. The van der Waals surface area contributed by atoms with Crippen LogP contribution < -0.4 is 10.1 Å². The quantitative estimate of drug-likeness (QED) is 0.915. The summed E-state index contributed by atoms with van der Waals surface area (Å²) in [7, 11) is 1.65. The lowest BCUT2D eigenvalue weighted by molar-refractivity contribution is 0.412. The summed E-state index contributed by atoms with van der Waals surface area (Å²) in [6.07, 6.45) is 0. The molecule has 0 aliphatic carbocycles. The molecule has 1 aromatic heterocycles. The lowest BCUT2D eigenvalue weighted by Gasteiger charge is -2.09. The minimum atomic E-state index is -0.121. The van der Waals surface area contributed by atoms with E-state index in [0.717, 1.165) is 22.7 Å². The van der Waals surface area contributed by atoms with E-state index in [4.69, 9.17) is 4.74 Å². The number of halogens is 1. The highest BCUT2D eigenvalue weighted by Crippen LogP contribution is 2.15. The van der Waals surface area contributed by atoms with E-state index in [9.17, 15) is 4.39 Å². The maximum absolute atomic E-state index is 13.6. The molecule has 21 heavy (non-hydrogen) atoms. The van der Waals surface area contributed by atoms with Gasteiger partial charge >= 0.3 is 0 Å². The molecule has 0 atom stereocenters. The third-order valence-electron chi connectivity index (χ3n) is 3.35. The Morgan fingerprint density at radius 2 is 1.71 bits per heavy atom. The molecule has 0 bridgehead atoms. The standard InChI is InChI=1S/C17H21FN2O/c1-11-5-14(6-12(2)17(11)18)9-19-10-15-8-16(21-4)7-13(3)20-15/h5-8,19H,9-10H2,1-4H3. The molecule has 0 unspecified atom stereocenters. The first-order valence-corrected chi connectivity index (χ1v) is 6.97. The second-order valence-electron chi connectivity index (χ2n) is 5.29. The molecule has 2 rings (SSSR count). The molecule has 0 aliphatic rings. The molecule has 2 aromatic rings. The van der Waals surface area contributed by atoms with Gasteiger partial charge in [0.15, 0.2) is 0 Å². The third-order valence-corrected chi connectivity index (χ3v) is 3.35. The van der Waals surface area contributed by atoms with Crippen molar-refractivity contribution in [3.8, 4) is 5.75 Å². The summed E-state index contributed by atoms with van der Waals surface area (Å²) in [5.74, 6) is 0.691. The highest BCUT2D eigenvalue weighted by atomic mass is 19.1. The van der Waals surface area contributed by atoms with Gasteiger partial charge in [0.1, 0.15) is 11.6 Å². The van der Waals surface area contributed by atoms with Crippen LogP contribution in [0.3, 0.4) is 0 Å². The number of methoxy groups -OCH3 is 1. The van der Waals surface area contributed by atoms with E-state index in [-0.39, 0.29) is 5.82 Å². The maximum atomic E-state index is 13.6. The Balaban J connectivity index is 2.00. The number of benzene rings is 1. The van der Waals surface area contributed by atoms with Crippen LogP contribution in [0.4, 0.5) is 4.39 Å². The van der Waals surface area contributed by atoms with Gasteiger partial charge in [0.25, 0.3) is 0 Å². The van der Waals surface area contributed by atoms with Gasteiger partial charge in [0, 0.05) is 30.9 Å². The Morgan fingerprint density at radius 3 is 2.33 bits per heavy atom. The maximum Gasteiger partial charge on any atom is 0.129 e. The Labute approximate surface area is 125 Å². The predicted molar refractivity (Wildman–Crippen MR) is 81.9 cm³/mol. The van der Waals surface area contributed by atoms with E-state index < -0.39 is 0 Å². The highest BCUT2D eigenvalue weighted by molar-refractivity contribution is 5.30. The van der Waals surface area contributed by atoms with E-state index in [0.29, 0.717) is 24.2 Å². The minimum Gasteiger partial charge on any atom is -0.497 e. The van der Waals surface area contributed by atoms with Crippen molar-refractivity contribution in [3.05, 3.63) is 58.2 Å². The molecule has 112 valence electrons. The van der Waals surface area contributed by atoms with Crippen LogP contribution in [0.25, 0.3) is 0 Å². The van der Waals surface area contributed by atoms with Gasteiger partial charge in [-0.15, -0.1) is 0 Å². The van der Waals surface area contributed by atoms with Crippen LogP contribution in [-0.2, 0) is 13.1 Å². The van der Waals surface area contributed by atoms with Gasteiger partial charge in [0.05, 0.1) is 12.8 Å². The molecule has 4 heteroatoms. The summed E-state index contributed by atoms with van der Waals surface area (Å²) in [6.45, 7) is 6.85. The topological polar surface area (TPSA) is 34.1 Å². The van der Waals surface area contributed by atoms with Crippen LogP contribution in [0.2, 0.25) is 0 Å². The van der Waals surface area contributed by atoms with Crippen LogP contribution in [0.15, 0.2) is 24.3 Å².